The molecule has 0 fully saturated rings. The van der Waals surface area contributed by atoms with Gasteiger partial charge in [0, 0.05) is 22.5 Å². The second-order valence-corrected chi connectivity index (χ2v) is 6.31. The first-order valence-corrected chi connectivity index (χ1v) is 7.08. The average Bonchev–Trinajstić information content (AvgIpc) is 2.73. The van der Waals surface area contributed by atoms with Crippen molar-refractivity contribution in [3.8, 4) is 0 Å². The molecule has 0 radical (unpaired) electrons. The van der Waals surface area contributed by atoms with Gasteiger partial charge in [-0.05, 0) is 18.6 Å². The normalized spacial score (nSPS) is 19.3. The van der Waals surface area contributed by atoms with E-state index < -0.39 is 0 Å². The molecule has 1 aliphatic rings. The van der Waals surface area contributed by atoms with Gasteiger partial charge >= 0.3 is 0 Å². The SMILES string of the molecule is CC1CN=C(NCC(C)(C)c2ccccc2Br)N1. The molecule has 2 rings (SSSR count). The summed E-state index contributed by atoms with van der Waals surface area (Å²) in [5, 5.41) is 6.72. The van der Waals surface area contributed by atoms with Crippen LogP contribution in [-0.2, 0) is 5.41 Å². The van der Waals surface area contributed by atoms with E-state index in [-0.39, 0.29) is 5.41 Å². The highest BCUT2D eigenvalue weighted by Gasteiger charge is 2.24. The maximum Gasteiger partial charge on any atom is 0.191 e. The Kier molecular flexibility index (Phi) is 3.95. The first-order valence-electron chi connectivity index (χ1n) is 6.29. The number of aliphatic imine (C=N–C) groups is 1. The molecule has 0 amide bonds. The molecule has 0 aliphatic carbocycles. The summed E-state index contributed by atoms with van der Waals surface area (Å²) in [5.74, 6) is 0.919. The van der Waals surface area contributed by atoms with E-state index >= 15 is 0 Å². The molecular formula is C14H20BrN3. The van der Waals surface area contributed by atoms with E-state index in [0.29, 0.717) is 6.04 Å². The van der Waals surface area contributed by atoms with E-state index in [2.05, 4.69) is 70.5 Å². The third-order valence-electron chi connectivity index (χ3n) is 3.21. The van der Waals surface area contributed by atoms with Crippen molar-refractivity contribution >= 4 is 21.9 Å². The number of nitrogens with zero attached hydrogens (tertiary/aromatic N) is 1. The molecule has 98 valence electrons. The Hall–Kier alpha value is -1.03. The molecule has 0 aromatic heterocycles. The number of hydrogen-bond acceptors (Lipinski definition) is 3. The van der Waals surface area contributed by atoms with E-state index in [4.69, 9.17) is 0 Å². The highest BCUT2D eigenvalue weighted by Crippen LogP contribution is 2.29. The van der Waals surface area contributed by atoms with Crippen molar-refractivity contribution in [2.45, 2.75) is 32.2 Å². The number of guanidine groups is 1. The van der Waals surface area contributed by atoms with Crippen LogP contribution in [0, 0.1) is 0 Å². The Morgan fingerprint density at radius 3 is 2.78 bits per heavy atom. The third-order valence-corrected chi connectivity index (χ3v) is 3.90. The zero-order chi connectivity index (χ0) is 13.2. The van der Waals surface area contributed by atoms with E-state index in [1.54, 1.807) is 0 Å². The Labute approximate surface area is 117 Å². The van der Waals surface area contributed by atoms with Crippen molar-refractivity contribution in [1.82, 2.24) is 10.6 Å². The van der Waals surface area contributed by atoms with Crippen LogP contribution in [0.5, 0.6) is 0 Å². The highest BCUT2D eigenvalue weighted by molar-refractivity contribution is 9.10. The fourth-order valence-corrected chi connectivity index (χ4v) is 2.89. The molecule has 2 N–H and O–H groups in total. The van der Waals surface area contributed by atoms with Gasteiger partial charge in [0.25, 0.3) is 0 Å². The lowest BCUT2D eigenvalue weighted by Gasteiger charge is -2.27. The van der Waals surface area contributed by atoms with Crippen LogP contribution in [-0.4, -0.2) is 25.1 Å². The van der Waals surface area contributed by atoms with Crippen LogP contribution in [0.1, 0.15) is 26.3 Å². The molecule has 1 aliphatic heterocycles. The molecule has 3 nitrogen and oxygen atoms in total. The Balaban J connectivity index is 2.02. The third kappa shape index (κ3) is 3.05. The number of nitrogens with one attached hydrogen (secondary N) is 2. The summed E-state index contributed by atoms with van der Waals surface area (Å²) in [7, 11) is 0. The lowest BCUT2D eigenvalue weighted by molar-refractivity contribution is 0.507. The zero-order valence-corrected chi connectivity index (χ0v) is 12.7. The molecule has 0 spiro atoms. The molecule has 0 saturated heterocycles. The molecule has 1 heterocycles. The minimum atomic E-state index is 0.0517. The fourth-order valence-electron chi connectivity index (χ4n) is 2.07. The van der Waals surface area contributed by atoms with Gasteiger partial charge < -0.3 is 10.6 Å². The van der Waals surface area contributed by atoms with Gasteiger partial charge in [-0.15, -0.1) is 0 Å². The van der Waals surface area contributed by atoms with Crippen molar-refractivity contribution in [2.75, 3.05) is 13.1 Å². The van der Waals surface area contributed by atoms with Crippen LogP contribution in [0.15, 0.2) is 33.7 Å². The van der Waals surface area contributed by atoms with Crippen LogP contribution in [0.25, 0.3) is 0 Å². The topological polar surface area (TPSA) is 36.4 Å². The summed E-state index contributed by atoms with van der Waals surface area (Å²) in [4.78, 5) is 4.42. The predicted octanol–water partition coefficient (Wildman–Crippen LogP) is 2.66. The quantitative estimate of drug-likeness (QED) is 0.900. The Morgan fingerprint density at radius 2 is 2.17 bits per heavy atom. The molecule has 1 atom stereocenters. The molecule has 18 heavy (non-hydrogen) atoms. The maximum absolute atomic E-state index is 4.42. The average molecular weight is 310 g/mol. The lowest BCUT2D eigenvalue weighted by Crippen LogP contribution is -2.43. The fraction of sp³-hybridized carbons (Fsp3) is 0.500. The zero-order valence-electron chi connectivity index (χ0n) is 11.1. The van der Waals surface area contributed by atoms with Crippen LogP contribution in [0.3, 0.4) is 0 Å². The molecule has 1 aromatic carbocycles. The van der Waals surface area contributed by atoms with Crippen LogP contribution in [0.2, 0.25) is 0 Å². The Morgan fingerprint density at radius 1 is 1.44 bits per heavy atom. The second-order valence-electron chi connectivity index (χ2n) is 5.45. The molecular weight excluding hydrogens is 290 g/mol. The minimum Gasteiger partial charge on any atom is -0.356 e. The van der Waals surface area contributed by atoms with Crippen LogP contribution < -0.4 is 10.6 Å². The minimum absolute atomic E-state index is 0.0517. The van der Waals surface area contributed by atoms with E-state index in [9.17, 15) is 0 Å². The predicted molar refractivity (Wildman–Crippen MR) is 80.1 cm³/mol. The summed E-state index contributed by atoms with van der Waals surface area (Å²) in [6.07, 6.45) is 0. The first-order chi connectivity index (χ1) is 8.49. The van der Waals surface area contributed by atoms with Crippen molar-refractivity contribution in [3.05, 3.63) is 34.3 Å². The number of hydrogen-bond donors (Lipinski definition) is 2. The van der Waals surface area contributed by atoms with Gasteiger partial charge in [-0.2, -0.15) is 0 Å². The van der Waals surface area contributed by atoms with Crippen molar-refractivity contribution < 1.29 is 0 Å². The van der Waals surface area contributed by atoms with Gasteiger partial charge in [-0.25, -0.2) is 0 Å². The summed E-state index contributed by atoms with van der Waals surface area (Å²) in [5.41, 5.74) is 1.36. The van der Waals surface area contributed by atoms with Gasteiger partial charge in [-0.1, -0.05) is 48.0 Å². The highest BCUT2D eigenvalue weighted by atomic mass is 79.9. The molecule has 0 saturated carbocycles. The molecule has 1 unspecified atom stereocenters. The van der Waals surface area contributed by atoms with Gasteiger partial charge in [0.15, 0.2) is 5.96 Å². The van der Waals surface area contributed by atoms with Crippen molar-refractivity contribution in [2.24, 2.45) is 4.99 Å². The summed E-state index contributed by atoms with van der Waals surface area (Å²) in [6, 6.07) is 8.82. The first kappa shape index (κ1) is 13.4. The smallest absolute Gasteiger partial charge is 0.191 e. The van der Waals surface area contributed by atoms with E-state index in [0.717, 1.165) is 23.5 Å². The molecule has 0 bridgehead atoms. The number of benzene rings is 1. The van der Waals surface area contributed by atoms with E-state index in [1.807, 2.05) is 6.07 Å². The monoisotopic (exact) mass is 309 g/mol. The standard InChI is InChI=1S/C14H20BrN3/c1-10-8-16-13(18-10)17-9-14(2,3)11-6-4-5-7-12(11)15/h4-7,10H,8-9H2,1-3H3,(H2,16,17,18). The summed E-state index contributed by atoms with van der Waals surface area (Å²) < 4.78 is 1.16. The van der Waals surface area contributed by atoms with E-state index in [1.165, 1.54) is 5.56 Å². The molecule has 4 heteroatoms. The summed E-state index contributed by atoms with van der Waals surface area (Å²) >= 11 is 3.62. The van der Waals surface area contributed by atoms with Crippen LogP contribution in [0.4, 0.5) is 0 Å². The Bertz CT molecular complexity index is 454. The summed E-state index contributed by atoms with van der Waals surface area (Å²) in [6.45, 7) is 8.32. The second kappa shape index (κ2) is 5.31. The van der Waals surface area contributed by atoms with Gasteiger partial charge in [0.1, 0.15) is 0 Å². The van der Waals surface area contributed by atoms with Crippen molar-refractivity contribution in [3.63, 3.8) is 0 Å². The van der Waals surface area contributed by atoms with Gasteiger partial charge in [0.05, 0.1) is 6.54 Å². The number of halogens is 1. The molecule has 1 aromatic rings. The van der Waals surface area contributed by atoms with Gasteiger partial charge in [-0.3, -0.25) is 4.99 Å². The maximum atomic E-state index is 4.42. The van der Waals surface area contributed by atoms with Crippen molar-refractivity contribution in [1.29, 1.82) is 0 Å². The van der Waals surface area contributed by atoms with Gasteiger partial charge in [0.2, 0.25) is 0 Å². The number of rotatable bonds is 3. The lowest BCUT2D eigenvalue weighted by atomic mass is 9.84. The largest absolute Gasteiger partial charge is 0.356 e. The van der Waals surface area contributed by atoms with Crippen LogP contribution >= 0.6 is 15.9 Å².